The van der Waals surface area contributed by atoms with Gasteiger partial charge in [0.25, 0.3) is 0 Å². The van der Waals surface area contributed by atoms with Crippen LogP contribution >= 0.6 is 11.6 Å². The summed E-state index contributed by atoms with van der Waals surface area (Å²) in [5.41, 5.74) is 0.316. The highest BCUT2D eigenvalue weighted by molar-refractivity contribution is 6.32. The molecule has 6 heteroatoms. The van der Waals surface area contributed by atoms with E-state index >= 15 is 0 Å². The van der Waals surface area contributed by atoms with Gasteiger partial charge in [-0.2, -0.15) is 0 Å². The first-order valence-corrected chi connectivity index (χ1v) is 5.89. The zero-order valence-electron chi connectivity index (χ0n) is 9.57. The van der Waals surface area contributed by atoms with Crippen LogP contribution in [0.25, 0.3) is 0 Å². The average Bonchev–Trinajstić information content (AvgIpc) is 2.78. The number of nitrogens with zero attached hydrogens (tertiary/aromatic N) is 2. The van der Waals surface area contributed by atoms with E-state index in [0.29, 0.717) is 29.4 Å². The van der Waals surface area contributed by atoms with Gasteiger partial charge in [-0.15, -0.1) is 0 Å². The highest BCUT2D eigenvalue weighted by atomic mass is 35.5. The van der Waals surface area contributed by atoms with Gasteiger partial charge < -0.3 is 10.1 Å². The molecule has 0 amide bonds. The summed E-state index contributed by atoms with van der Waals surface area (Å²) in [6.07, 6.45) is 1.70. The molecule has 1 aromatic heterocycles. The highest BCUT2D eigenvalue weighted by Crippen LogP contribution is 2.20. The number of aldehydes is 1. The fourth-order valence-electron chi connectivity index (χ4n) is 1.77. The van der Waals surface area contributed by atoms with Gasteiger partial charge in [0.2, 0.25) is 0 Å². The van der Waals surface area contributed by atoms with Gasteiger partial charge in [-0.1, -0.05) is 11.6 Å². The second kappa shape index (κ2) is 5.42. The van der Waals surface area contributed by atoms with Crippen molar-refractivity contribution >= 4 is 23.7 Å². The lowest BCUT2D eigenvalue weighted by molar-refractivity contribution is 0.112. The largest absolute Gasteiger partial charge is 0.381 e. The van der Waals surface area contributed by atoms with E-state index in [1.54, 1.807) is 6.92 Å². The average molecular weight is 256 g/mol. The molecule has 1 unspecified atom stereocenters. The van der Waals surface area contributed by atoms with Crippen LogP contribution in [0.15, 0.2) is 0 Å². The summed E-state index contributed by atoms with van der Waals surface area (Å²) in [5, 5.41) is 3.33. The SMILES string of the molecule is Cc1nc(Cl)c(C=O)c(NCC2CCOC2)n1. The van der Waals surface area contributed by atoms with Gasteiger partial charge in [0.15, 0.2) is 6.29 Å². The Hall–Kier alpha value is -1.20. The number of aromatic nitrogens is 2. The van der Waals surface area contributed by atoms with E-state index < -0.39 is 0 Å². The van der Waals surface area contributed by atoms with Crippen molar-refractivity contribution in [2.24, 2.45) is 5.92 Å². The second-order valence-electron chi connectivity index (χ2n) is 4.05. The smallest absolute Gasteiger partial charge is 0.156 e. The number of halogens is 1. The summed E-state index contributed by atoms with van der Waals surface area (Å²) >= 11 is 5.88. The number of ether oxygens (including phenoxy) is 1. The van der Waals surface area contributed by atoms with Gasteiger partial charge in [-0.05, 0) is 13.3 Å². The number of carbonyl (C=O) groups excluding carboxylic acids is 1. The van der Waals surface area contributed by atoms with Gasteiger partial charge in [0, 0.05) is 19.1 Å². The van der Waals surface area contributed by atoms with Gasteiger partial charge in [-0.3, -0.25) is 4.79 Å². The molecule has 1 aliphatic rings. The van der Waals surface area contributed by atoms with Crippen molar-refractivity contribution < 1.29 is 9.53 Å². The van der Waals surface area contributed by atoms with E-state index in [-0.39, 0.29) is 5.15 Å². The van der Waals surface area contributed by atoms with Crippen molar-refractivity contribution in [3.05, 3.63) is 16.5 Å². The molecule has 1 fully saturated rings. The molecule has 2 rings (SSSR count). The molecule has 1 atom stereocenters. The predicted molar refractivity (Wildman–Crippen MR) is 64.6 cm³/mol. The van der Waals surface area contributed by atoms with Crippen LogP contribution < -0.4 is 5.32 Å². The fourth-order valence-corrected chi connectivity index (χ4v) is 2.03. The zero-order chi connectivity index (χ0) is 12.3. The number of hydrogen-bond donors (Lipinski definition) is 1. The molecule has 1 N–H and O–H groups in total. The third-order valence-corrected chi connectivity index (χ3v) is 3.00. The summed E-state index contributed by atoms with van der Waals surface area (Å²) in [6, 6.07) is 0. The number of aryl methyl sites for hydroxylation is 1. The lowest BCUT2D eigenvalue weighted by Gasteiger charge is -2.12. The molecule has 17 heavy (non-hydrogen) atoms. The van der Waals surface area contributed by atoms with Gasteiger partial charge in [-0.25, -0.2) is 9.97 Å². The molecule has 0 aromatic carbocycles. The number of hydrogen-bond acceptors (Lipinski definition) is 5. The van der Waals surface area contributed by atoms with E-state index in [4.69, 9.17) is 16.3 Å². The molecule has 1 saturated heterocycles. The third-order valence-electron chi connectivity index (χ3n) is 2.71. The van der Waals surface area contributed by atoms with E-state index in [2.05, 4.69) is 15.3 Å². The molecule has 0 radical (unpaired) electrons. The fraction of sp³-hybridized carbons (Fsp3) is 0.545. The Balaban J connectivity index is 2.10. The molecule has 0 aliphatic carbocycles. The second-order valence-corrected chi connectivity index (χ2v) is 4.41. The van der Waals surface area contributed by atoms with E-state index in [0.717, 1.165) is 26.2 Å². The molecule has 0 bridgehead atoms. The van der Waals surface area contributed by atoms with Crippen LogP contribution in [0.4, 0.5) is 5.82 Å². The Kier molecular flexibility index (Phi) is 3.91. The Labute approximate surface area is 105 Å². The minimum Gasteiger partial charge on any atom is -0.381 e. The standard InChI is InChI=1S/C11H14ClN3O2/c1-7-14-10(12)9(5-16)11(15-7)13-4-8-2-3-17-6-8/h5,8H,2-4,6H2,1H3,(H,13,14,15). The zero-order valence-corrected chi connectivity index (χ0v) is 10.3. The summed E-state index contributed by atoms with van der Waals surface area (Å²) < 4.78 is 5.28. The van der Waals surface area contributed by atoms with Crippen molar-refractivity contribution in [1.29, 1.82) is 0 Å². The lowest BCUT2D eigenvalue weighted by Crippen LogP contribution is -2.16. The van der Waals surface area contributed by atoms with Gasteiger partial charge >= 0.3 is 0 Å². The van der Waals surface area contributed by atoms with Crippen LogP contribution in [0.5, 0.6) is 0 Å². The molecule has 1 aliphatic heterocycles. The van der Waals surface area contributed by atoms with Crippen molar-refractivity contribution in [3.63, 3.8) is 0 Å². The molecule has 92 valence electrons. The maximum atomic E-state index is 10.9. The lowest BCUT2D eigenvalue weighted by atomic mass is 10.1. The maximum Gasteiger partial charge on any atom is 0.156 e. The van der Waals surface area contributed by atoms with Crippen LogP contribution in [-0.4, -0.2) is 36.0 Å². The Morgan fingerprint density at radius 1 is 1.59 bits per heavy atom. The molecule has 2 heterocycles. The van der Waals surface area contributed by atoms with Crippen LogP contribution in [0.1, 0.15) is 22.6 Å². The van der Waals surface area contributed by atoms with Crippen molar-refractivity contribution in [3.8, 4) is 0 Å². The predicted octanol–water partition coefficient (Wildman–Crippen LogP) is 1.70. The summed E-state index contributed by atoms with van der Waals surface area (Å²) in [5.74, 6) is 1.51. The van der Waals surface area contributed by atoms with Crippen LogP contribution in [0.2, 0.25) is 5.15 Å². The minimum absolute atomic E-state index is 0.192. The molecular weight excluding hydrogens is 242 g/mol. The Morgan fingerprint density at radius 2 is 2.41 bits per heavy atom. The molecular formula is C11H14ClN3O2. The number of carbonyl (C=O) groups is 1. The quantitative estimate of drug-likeness (QED) is 0.655. The first-order valence-electron chi connectivity index (χ1n) is 5.51. The van der Waals surface area contributed by atoms with Gasteiger partial charge in [0.05, 0.1) is 12.2 Å². The van der Waals surface area contributed by atoms with Crippen LogP contribution in [0.3, 0.4) is 0 Å². The van der Waals surface area contributed by atoms with E-state index in [1.165, 1.54) is 0 Å². The van der Waals surface area contributed by atoms with Crippen molar-refractivity contribution in [2.75, 3.05) is 25.1 Å². The summed E-state index contributed by atoms with van der Waals surface area (Å²) in [7, 11) is 0. The van der Waals surface area contributed by atoms with Crippen molar-refractivity contribution in [1.82, 2.24) is 9.97 Å². The van der Waals surface area contributed by atoms with Crippen molar-refractivity contribution in [2.45, 2.75) is 13.3 Å². The number of nitrogens with one attached hydrogen (secondary N) is 1. The monoisotopic (exact) mass is 255 g/mol. The number of rotatable bonds is 4. The minimum atomic E-state index is 0.192. The highest BCUT2D eigenvalue weighted by Gasteiger charge is 2.17. The van der Waals surface area contributed by atoms with Crippen LogP contribution in [-0.2, 0) is 4.74 Å². The normalized spacial score (nSPS) is 19.3. The Morgan fingerprint density at radius 3 is 3.06 bits per heavy atom. The Bertz CT molecular complexity index is 419. The van der Waals surface area contributed by atoms with E-state index in [1.807, 2.05) is 0 Å². The van der Waals surface area contributed by atoms with E-state index in [9.17, 15) is 4.79 Å². The first-order chi connectivity index (χ1) is 8.20. The first kappa shape index (κ1) is 12.3. The summed E-state index contributed by atoms with van der Waals surface area (Å²) in [4.78, 5) is 19.1. The topological polar surface area (TPSA) is 64.1 Å². The van der Waals surface area contributed by atoms with Crippen LogP contribution in [0, 0.1) is 12.8 Å². The third kappa shape index (κ3) is 2.92. The number of anilines is 1. The summed E-state index contributed by atoms with van der Waals surface area (Å²) in [6.45, 7) is 4.02. The molecule has 0 saturated carbocycles. The molecule has 0 spiro atoms. The molecule has 5 nitrogen and oxygen atoms in total. The molecule has 1 aromatic rings. The maximum absolute atomic E-state index is 10.9. The van der Waals surface area contributed by atoms with Gasteiger partial charge in [0.1, 0.15) is 16.8 Å².